The van der Waals surface area contributed by atoms with Crippen molar-refractivity contribution in [2.75, 3.05) is 6.61 Å². The van der Waals surface area contributed by atoms with Gasteiger partial charge in [-0.05, 0) is 38.1 Å². The predicted molar refractivity (Wildman–Crippen MR) is 170 cm³/mol. The number of ether oxygens (including phenoxy) is 6. The van der Waals surface area contributed by atoms with Crippen LogP contribution in [0.2, 0.25) is 0 Å². The van der Waals surface area contributed by atoms with Crippen LogP contribution in [-0.2, 0) is 18.9 Å². The number of phenols is 1. The number of phenolic OH excluding ortho intramolecular Hbond substituents is 1. The van der Waals surface area contributed by atoms with Gasteiger partial charge in [0.2, 0.25) is 17.5 Å². The molecule has 3 aromatic rings. The van der Waals surface area contributed by atoms with Crippen molar-refractivity contribution in [1.29, 1.82) is 0 Å². The molecule has 4 heterocycles. The van der Waals surface area contributed by atoms with E-state index in [1.807, 2.05) is 0 Å². The van der Waals surface area contributed by atoms with Gasteiger partial charge in [0.05, 0.1) is 18.8 Å². The minimum Gasteiger partial charge on any atom is -0.507 e. The fraction of sp³-hybridized carbons (Fsp3) is 0.545. The molecule has 1 aromatic heterocycles. The summed E-state index contributed by atoms with van der Waals surface area (Å²) in [6.07, 6.45) is -22.1. The van der Waals surface area contributed by atoms with E-state index in [9.17, 15) is 61.0 Å². The van der Waals surface area contributed by atoms with E-state index in [4.69, 9.17) is 32.8 Å². The Balaban J connectivity index is 1.19. The molecule has 15 atom stereocenters. The maximum absolute atomic E-state index is 13.1. The third-order valence-corrected chi connectivity index (χ3v) is 9.28. The Morgan fingerprint density at radius 1 is 0.673 bits per heavy atom. The highest BCUT2D eigenvalue weighted by molar-refractivity contribution is 5.88. The number of rotatable bonds is 8. The molecule has 0 radical (unpaired) electrons. The van der Waals surface area contributed by atoms with Gasteiger partial charge >= 0.3 is 0 Å². The Hall–Kier alpha value is -3.67. The third-order valence-electron chi connectivity index (χ3n) is 9.28. The lowest BCUT2D eigenvalue weighted by Gasteiger charge is -2.45. The van der Waals surface area contributed by atoms with E-state index in [0.29, 0.717) is 0 Å². The standard InChI is InChI=1S/C33H40O19/c1-10-19(36)21(38)26(43)32(47-10)49-14-7-15(35)18-16(8-14)50-29(22(39)20(18)37)12-3-5-13(6-4-12)48-30-17(9-34)51-33(27(44)24(30)41)52-28-11(2)46-31(45)25(42)23(28)40/h3-8,10-11,17,19,21,23-28,30-36,38-45H,9H2,1-2H3. The molecule has 19 heteroatoms. The van der Waals surface area contributed by atoms with Crippen LogP contribution in [0.1, 0.15) is 13.8 Å². The first-order valence-electron chi connectivity index (χ1n) is 16.2. The lowest BCUT2D eigenvalue weighted by atomic mass is 9.97. The Bertz CT molecular complexity index is 1760. The van der Waals surface area contributed by atoms with Crippen LogP contribution in [0.25, 0.3) is 22.3 Å². The minimum atomic E-state index is -1.78. The van der Waals surface area contributed by atoms with E-state index in [1.54, 1.807) is 0 Å². The fourth-order valence-electron chi connectivity index (χ4n) is 6.29. The van der Waals surface area contributed by atoms with E-state index in [2.05, 4.69) is 0 Å². The number of aliphatic hydroxyl groups excluding tert-OH is 9. The number of hydrogen-bond acceptors (Lipinski definition) is 19. The molecule has 52 heavy (non-hydrogen) atoms. The molecule has 0 saturated carbocycles. The summed E-state index contributed by atoms with van der Waals surface area (Å²) in [5, 5.41) is 113. The van der Waals surface area contributed by atoms with Crippen LogP contribution >= 0.6 is 0 Å². The molecular weight excluding hydrogens is 700 g/mol. The topological polar surface area (TPSA) is 308 Å². The maximum Gasteiger partial charge on any atom is 0.238 e. The SMILES string of the molecule is CC1OC(Oc2cc(O)c3c(=O)c(O)c(-c4ccc(OC5C(CO)OC(OC6C(C)OC(O)C(O)C6O)C(O)C5O)cc4)oc3c2)C(O)C(O)C1O. The summed E-state index contributed by atoms with van der Waals surface area (Å²) in [7, 11) is 0. The zero-order valence-corrected chi connectivity index (χ0v) is 27.5. The summed E-state index contributed by atoms with van der Waals surface area (Å²) in [6, 6.07) is 7.67. The second kappa shape index (κ2) is 15.0. The first-order valence-corrected chi connectivity index (χ1v) is 16.2. The maximum atomic E-state index is 13.1. The van der Waals surface area contributed by atoms with Crippen molar-refractivity contribution in [1.82, 2.24) is 0 Å². The second-order valence-corrected chi connectivity index (χ2v) is 12.9. The van der Waals surface area contributed by atoms with Crippen molar-refractivity contribution in [2.45, 2.75) is 106 Å². The average molecular weight is 741 g/mol. The third kappa shape index (κ3) is 7.03. The molecule has 0 amide bonds. The number of fused-ring (bicyclic) bond motifs is 1. The van der Waals surface area contributed by atoms with Crippen molar-refractivity contribution < 1.29 is 89.0 Å². The highest BCUT2D eigenvalue weighted by Gasteiger charge is 2.50. The molecule has 3 aliphatic heterocycles. The summed E-state index contributed by atoms with van der Waals surface area (Å²) < 4.78 is 39.0. The fourth-order valence-corrected chi connectivity index (χ4v) is 6.29. The number of benzene rings is 2. The van der Waals surface area contributed by atoms with Gasteiger partial charge in [-0.25, -0.2) is 0 Å². The van der Waals surface area contributed by atoms with Crippen molar-refractivity contribution in [3.8, 4) is 34.3 Å². The highest BCUT2D eigenvalue weighted by Crippen LogP contribution is 2.37. The van der Waals surface area contributed by atoms with E-state index in [1.165, 1.54) is 44.2 Å². The quantitative estimate of drug-likeness (QED) is 0.110. The second-order valence-electron chi connectivity index (χ2n) is 12.9. The van der Waals surface area contributed by atoms with Crippen molar-refractivity contribution >= 4 is 11.0 Å². The highest BCUT2D eigenvalue weighted by atomic mass is 16.7. The van der Waals surface area contributed by atoms with Gasteiger partial charge in [-0.2, -0.15) is 0 Å². The van der Waals surface area contributed by atoms with Crippen molar-refractivity contribution in [3.63, 3.8) is 0 Å². The number of aliphatic hydroxyl groups is 9. The van der Waals surface area contributed by atoms with Crippen molar-refractivity contribution in [3.05, 3.63) is 46.6 Å². The molecule has 3 fully saturated rings. The summed E-state index contributed by atoms with van der Waals surface area (Å²) in [5.41, 5.74) is -1.08. The van der Waals surface area contributed by atoms with Gasteiger partial charge in [0.25, 0.3) is 0 Å². The molecule has 3 saturated heterocycles. The Morgan fingerprint density at radius 2 is 1.33 bits per heavy atom. The van der Waals surface area contributed by atoms with Crippen LogP contribution in [-0.4, -0.2) is 155 Å². The molecule has 3 aliphatic rings. The van der Waals surface area contributed by atoms with Crippen LogP contribution < -0.4 is 14.9 Å². The van der Waals surface area contributed by atoms with E-state index < -0.39 is 121 Å². The normalized spacial score (nSPS) is 38.2. The molecule has 0 spiro atoms. The smallest absolute Gasteiger partial charge is 0.238 e. The van der Waals surface area contributed by atoms with Gasteiger partial charge in [0.1, 0.15) is 83.2 Å². The van der Waals surface area contributed by atoms with Gasteiger partial charge in [0, 0.05) is 17.7 Å². The molecule has 6 rings (SSSR count). The molecule has 0 aliphatic carbocycles. The minimum absolute atomic E-state index is 0.0757. The van der Waals surface area contributed by atoms with Gasteiger partial charge in [-0.3, -0.25) is 4.79 Å². The zero-order valence-electron chi connectivity index (χ0n) is 27.5. The molecule has 11 N–H and O–H groups in total. The van der Waals surface area contributed by atoms with Crippen LogP contribution in [0.3, 0.4) is 0 Å². The average Bonchev–Trinajstić information content (AvgIpc) is 3.11. The first kappa shape index (κ1) is 38.1. The van der Waals surface area contributed by atoms with Gasteiger partial charge in [0.15, 0.2) is 24.4 Å². The summed E-state index contributed by atoms with van der Waals surface area (Å²) >= 11 is 0. The van der Waals surface area contributed by atoms with Gasteiger partial charge < -0.3 is 89.0 Å². The molecular formula is C33H40O19. The van der Waals surface area contributed by atoms with Crippen LogP contribution in [0, 0.1) is 0 Å². The Labute approximate surface area is 293 Å². The van der Waals surface area contributed by atoms with Crippen LogP contribution in [0.4, 0.5) is 0 Å². The van der Waals surface area contributed by atoms with Crippen molar-refractivity contribution in [2.24, 2.45) is 0 Å². The zero-order chi connectivity index (χ0) is 37.8. The lowest BCUT2D eigenvalue weighted by Crippen LogP contribution is -2.64. The van der Waals surface area contributed by atoms with E-state index in [0.717, 1.165) is 6.07 Å². The number of hydrogen-bond donors (Lipinski definition) is 11. The molecule has 15 unspecified atom stereocenters. The first-order chi connectivity index (χ1) is 24.6. The van der Waals surface area contributed by atoms with Crippen LogP contribution in [0.5, 0.6) is 23.0 Å². The van der Waals surface area contributed by atoms with Gasteiger partial charge in [-0.15, -0.1) is 0 Å². The van der Waals surface area contributed by atoms with E-state index in [-0.39, 0.29) is 28.4 Å². The lowest BCUT2D eigenvalue weighted by molar-refractivity contribution is -0.349. The predicted octanol–water partition coefficient (Wildman–Crippen LogP) is -2.89. The summed E-state index contributed by atoms with van der Waals surface area (Å²) in [4.78, 5) is 13.1. The molecule has 2 aromatic carbocycles. The number of aromatic hydroxyl groups is 2. The summed E-state index contributed by atoms with van der Waals surface area (Å²) in [5.74, 6) is -1.89. The Morgan fingerprint density at radius 3 is 2.00 bits per heavy atom. The van der Waals surface area contributed by atoms with Crippen LogP contribution in [0.15, 0.2) is 45.6 Å². The monoisotopic (exact) mass is 740 g/mol. The Kier molecular flexibility index (Phi) is 11.0. The molecule has 286 valence electrons. The molecule has 19 nitrogen and oxygen atoms in total. The van der Waals surface area contributed by atoms with Gasteiger partial charge in [-0.1, -0.05) is 0 Å². The molecule has 0 bridgehead atoms. The largest absolute Gasteiger partial charge is 0.507 e. The summed E-state index contributed by atoms with van der Waals surface area (Å²) in [6.45, 7) is 2.17. The van der Waals surface area contributed by atoms with E-state index >= 15 is 0 Å².